The third-order valence-corrected chi connectivity index (χ3v) is 3.78. The maximum absolute atomic E-state index is 9.79. The Morgan fingerprint density at radius 3 is 1.90 bits per heavy atom. The first-order chi connectivity index (χ1) is 9.60. The van der Waals surface area contributed by atoms with Crippen LogP contribution in [-0.2, 0) is 6.54 Å². The van der Waals surface area contributed by atoms with E-state index < -0.39 is 6.10 Å². The van der Waals surface area contributed by atoms with Gasteiger partial charge in [0.1, 0.15) is 0 Å². The Morgan fingerprint density at radius 2 is 1.45 bits per heavy atom. The quantitative estimate of drug-likeness (QED) is 0.768. The molecule has 1 aromatic heterocycles. The number of aliphatic hydroxyl groups is 2. The van der Waals surface area contributed by atoms with Crippen LogP contribution < -0.4 is 0 Å². The molecule has 0 aliphatic carbocycles. The van der Waals surface area contributed by atoms with Crippen molar-refractivity contribution in [2.24, 2.45) is 0 Å². The molecule has 1 unspecified atom stereocenters. The zero-order valence-corrected chi connectivity index (χ0v) is 11.8. The number of fused-ring (bicyclic) bond motifs is 3. The Labute approximate surface area is 118 Å². The first-order valence-electron chi connectivity index (χ1n) is 6.88. The van der Waals surface area contributed by atoms with Gasteiger partial charge in [0.05, 0.1) is 19.3 Å². The second-order valence-electron chi connectivity index (χ2n) is 5.49. The minimum absolute atomic E-state index is 0.223. The van der Waals surface area contributed by atoms with Gasteiger partial charge in [-0.3, -0.25) is 0 Å². The molecule has 3 heteroatoms. The molecule has 0 amide bonds. The Morgan fingerprint density at radius 1 is 0.950 bits per heavy atom. The molecule has 1 heterocycles. The molecule has 0 radical (unpaired) electrons. The van der Waals surface area contributed by atoms with E-state index in [1.165, 1.54) is 21.9 Å². The summed E-state index contributed by atoms with van der Waals surface area (Å²) in [4.78, 5) is 0. The van der Waals surface area contributed by atoms with Crippen LogP contribution in [0.5, 0.6) is 0 Å². The second kappa shape index (κ2) is 4.93. The number of aromatic nitrogens is 1. The van der Waals surface area contributed by atoms with Crippen LogP contribution >= 0.6 is 0 Å². The Hall–Kier alpha value is -1.84. The lowest BCUT2D eigenvalue weighted by atomic mass is 10.1. The van der Waals surface area contributed by atoms with E-state index in [1.807, 2.05) is 0 Å². The number of aryl methyl sites for hydroxylation is 2. The summed E-state index contributed by atoms with van der Waals surface area (Å²) in [7, 11) is 0. The first kappa shape index (κ1) is 13.2. The van der Waals surface area contributed by atoms with Crippen molar-refractivity contribution in [3.63, 3.8) is 0 Å². The van der Waals surface area contributed by atoms with E-state index in [0.29, 0.717) is 6.54 Å². The zero-order chi connectivity index (χ0) is 14.3. The minimum Gasteiger partial charge on any atom is -0.394 e. The average Bonchev–Trinajstić information content (AvgIpc) is 2.72. The fourth-order valence-electron chi connectivity index (χ4n) is 2.80. The van der Waals surface area contributed by atoms with Crippen LogP contribution in [0, 0.1) is 13.8 Å². The van der Waals surface area contributed by atoms with Gasteiger partial charge in [-0.15, -0.1) is 0 Å². The van der Waals surface area contributed by atoms with Gasteiger partial charge >= 0.3 is 0 Å². The molecule has 2 N–H and O–H groups in total. The second-order valence-corrected chi connectivity index (χ2v) is 5.49. The van der Waals surface area contributed by atoms with Crippen molar-refractivity contribution < 1.29 is 10.2 Å². The van der Waals surface area contributed by atoms with E-state index in [2.05, 4.69) is 54.8 Å². The minimum atomic E-state index is -0.739. The summed E-state index contributed by atoms with van der Waals surface area (Å²) in [6.07, 6.45) is -0.739. The molecule has 2 aromatic carbocycles. The zero-order valence-electron chi connectivity index (χ0n) is 11.8. The van der Waals surface area contributed by atoms with Crippen molar-refractivity contribution >= 4 is 21.8 Å². The number of nitrogens with zero attached hydrogens (tertiary/aromatic N) is 1. The predicted octanol–water partition coefficient (Wildman–Crippen LogP) is 2.76. The summed E-state index contributed by atoms with van der Waals surface area (Å²) < 4.78 is 2.09. The van der Waals surface area contributed by atoms with Crippen LogP contribution in [0.2, 0.25) is 0 Å². The highest BCUT2D eigenvalue weighted by Crippen LogP contribution is 2.30. The van der Waals surface area contributed by atoms with Gasteiger partial charge in [0, 0.05) is 21.8 Å². The monoisotopic (exact) mass is 269 g/mol. The van der Waals surface area contributed by atoms with E-state index >= 15 is 0 Å². The molecular formula is C17H19NO2. The topological polar surface area (TPSA) is 45.4 Å². The largest absolute Gasteiger partial charge is 0.394 e. The third-order valence-electron chi connectivity index (χ3n) is 3.78. The summed E-state index contributed by atoms with van der Waals surface area (Å²) in [6.45, 7) is 4.35. The molecule has 0 fully saturated rings. The lowest BCUT2D eigenvalue weighted by molar-refractivity contribution is 0.0831. The summed E-state index contributed by atoms with van der Waals surface area (Å²) >= 11 is 0. The Balaban J connectivity index is 2.34. The highest BCUT2D eigenvalue weighted by atomic mass is 16.3. The smallest absolute Gasteiger partial charge is 0.0949 e. The number of benzene rings is 2. The summed E-state index contributed by atoms with van der Waals surface area (Å²) in [5.74, 6) is 0. The maximum Gasteiger partial charge on any atom is 0.0949 e. The number of hydrogen-bond acceptors (Lipinski definition) is 2. The van der Waals surface area contributed by atoms with Gasteiger partial charge in [0.2, 0.25) is 0 Å². The molecule has 0 saturated heterocycles. The van der Waals surface area contributed by atoms with Gasteiger partial charge in [0.25, 0.3) is 0 Å². The van der Waals surface area contributed by atoms with Gasteiger partial charge in [-0.1, -0.05) is 23.3 Å². The fourth-order valence-corrected chi connectivity index (χ4v) is 2.80. The third kappa shape index (κ3) is 2.09. The highest BCUT2D eigenvalue weighted by Gasteiger charge is 2.13. The van der Waals surface area contributed by atoms with Crippen molar-refractivity contribution in [3.8, 4) is 0 Å². The van der Waals surface area contributed by atoms with Gasteiger partial charge in [-0.2, -0.15) is 0 Å². The standard InChI is InChI=1S/C17H19NO2/c1-11-3-5-16-14(7-11)15-8-12(2)4-6-17(15)18(16)9-13(20)10-19/h3-8,13,19-20H,9-10H2,1-2H3. The van der Waals surface area contributed by atoms with E-state index in [4.69, 9.17) is 5.11 Å². The van der Waals surface area contributed by atoms with Gasteiger partial charge in [-0.25, -0.2) is 0 Å². The van der Waals surface area contributed by atoms with Crippen LogP contribution in [0.25, 0.3) is 21.8 Å². The van der Waals surface area contributed by atoms with Crippen LogP contribution in [0.3, 0.4) is 0 Å². The Bertz CT molecular complexity index is 714. The molecule has 0 aliphatic rings. The molecule has 3 rings (SSSR count). The summed E-state index contributed by atoms with van der Waals surface area (Å²) in [5.41, 5.74) is 4.65. The molecule has 1 atom stereocenters. The fraction of sp³-hybridized carbons (Fsp3) is 0.294. The first-order valence-corrected chi connectivity index (χ1v) is 6.88. The predicted molar refractivity (Wildman–Crippen MR) is 82.0 cm³/mol. The van der Waals surface area contributed by atoms with Crippen molar-refractivity contribution in [1.82, 2.24) is 4.57 Å². The number of hydrogen-bond donors (Lipinski definition) is 2. The van der Waals surface area contributed by atoms with Crippen molar-refractivity contribution in [1.29, 1.82) is 0 Å². The molecule has 0 aliphatic heterocycles. The summed E-state index contributed by atoms with van der Waals surface area (Å²) in [6, 6.07) is 12.7. The molecule has 0 saturated carbocycles. The molecular weight excluding hydrogens is 250 g/mol. The van der Waals surface area contributed by atoms with E-state index in [1.54, 1.807) is 0 Å². The van der Waals surface area contributed by atoms with E-state index in [0.717, 1.165) is 11.0 Å². The van der Waals surface area contributed by atoms with Crippen LogP contribution in [-0.4, -0.2) is 27.5 Å². The molecule has 0 bridgehead atoms. The Kier molecular flexibility index (Phi) is 3.24. The molecule has 104 valence electrons. The lowest BCUT2D eigenvalue weighted by Gasteiger charge is -2.11. The average molecular weight is 269 g/mol. The van der Waals surface area contributed by atoms with Gasteiger partial charge in [0.15, 0.2) is 0 Å². The van der Waals surface area contributed by atoms with Crippen molar-refractivity contribution in [2.45, 2.75) is 26.5 Å². The van der Waals surface area contributed by atoms with Crippen LogP contribution in [0.15, 0.2) is 36.4 Å². The SMILES string of the molecule is Cc1ccc2c(c1)c1cc(C)ccc1n2CC(O)CO. The van der Waals surface area contributed by atoms with Crippen molar-refractivity contribution in [2.75, 3.05) is 6.61 Å². The van der Waals surface area contributed by atoms with Crippen molar-refractivity contribution in [3.05, 3.63) is 47.5 Å². The number of rotatable bonds is 3. The van der Waals surface area contributed by atoms with E-state index in [-0.39, 0.29) is 6.61 Å². The van der Waals surface area contributed by atoms with Crippen LogP contribution in [0.1, 0.15) is 11.1 Å². The molecule has 3 aromatic rings. The highest BCUT2D eigenvalue weighted by molar-refractivity contribution is 6.08. The normalized spacial score (nSPS) is 13.2. The molecule has 0 spiro atoms. The summed E-state index contributed by atoms with van der Waals surface area (Å²) in [5, 5.41) is 21.3. The van der Waals surface area contributed by atoms with Gasteiger partial charge < -0.3 is 14.8 Å². The molecule has 3 nitrogen and oxygen atoms in total. The van der Waals surface area contributed by atoms with Gasteiger partial charge in [-0.05, 0) is 38.1 Å². The number of aliphatic hydroxyl groups excluding tert-OH is 2. The van der Waals surface area contributed by atoms with Crippen LogP contribution in [0.4, 0.5) is 0 Å². The molecule has 20 heavy (non-hydrogen) atoms. The maximum atomic E-state index is 9.79. The lowest BCUT2D eigenvalue weighted by Crippen LogP contribution is -2.19. The van der Waals surface area contributed by atoms with E-state index in [9.17, 15) is 5.11 Å².